The van der Waals surface area contributed by atoms with Crippen molar-refractivity contribution >= 4 is 29.2 Å². The summed E-state index contributed by atoms with van der Waals surface area (Å²) in [6, 6.07) is 5.74. The zero-order valence-corrected chi connectivity index (χ0v) is 16.5. The van der Waals surface area contributed by atoms with Gasteiger partial charge in [-0.3, -0.25) is 4.79 Å². The van der Waals surface area contributed by atoms with Gasteiger partial charge in [0.2, 0.25) is 17.1 Å². The number of aliphatic hydroxyl groups excluding tert-OH is 1. The minimum atomic E-state index is -0.987. The molecule has 2 heterocycles. The number of benzene rings is 1. The first-order chi connectivity index (χ1) is 13.2. The highest BCUT2D eigenvalue weighted by Gasteiger charge is 2.40. The van der Waals surface area contributed by atoms with Crippen LogP contribution in [0.15, 0.2) is 44.9 Å². The molecule has 0 bridgehead atoms. The topological polar surface area (TPSA) is 112 Å². The Labute approximate surface area is 170 Å². The zero-order valence-electron chi connectivity index (χ0n) is 15.0. The molecular weight excluding hydrogens is 409 g/mol. The van der Waals surface area contributed by atoms with E-state index in [1.807, 2.05) is 0 Å². The highest BCUT2D eigenvalue weighted by atomic mass is 35.5. The number of rotatable bonds is 4. The van der Waals surface area contributed by atoms with Gasteiger partial charge in [0.1, 0.15) is 17.9 Å². The third-order valence-electron chi connectivity index (χ3n) is 4.00. The van der Waals surface area contributed by atoms with Crippen LogP contribution in [0.1, 0.15) is 36.8 Å². The van der Waals surface area contributed by atoms with Crippen LogP contribution in [0.3, 0.4) is 0 Å². The molecule has 3 N–H and O–H groups in total. The van der Waals surface area contributed by atoms with Gasteiger partial charge in [0.25, 0.3) is 0 Å². The fourth-order valence-corrected chi connectivity index (χ4v) is 3.40. The molecule has 2 aromatic rings. The van der Waals surface area contributed by atoms with Crippen molar-refractivity contribution in [2.45, 2.75) is 32.5 Å². The van der Waals surface area contributed by atoms with Crippen LogP contribution >= 0.6 is 23.2 Å². The quantitative estimate of drug-likeness (QED) is 0.723. The van der Waals surface area contributed by atoms with E-state index in [4.69, 9.17) is 42.8 Å². The summed E-state index contributed by atoms with van der Waals surface area (Å²) in [4.78, 5) is 25.2. The Hall–Kier alpha value is -2.48. The highest BCUT2D eigenvalue weighted by molar-refractivity contribution is 6.35. The molecule has 9 heteroatoms. The first-order valence-electron chi connectivity index (χ1n) is 8.34. The van der Waals surface area contributed by atoms with Gasteiger partial charge in [-0.25, -0.2) is 4.79 Å². The van der Waals surface area contributed by atoms with Crippen molar-refractivity contribution in [2.75, 3.05) is 0 Å². The summed E-state index contributed by atoms with van der Waals surface area (Å²) in [5, 5.41) is 10.0. The van der Waals surface area contributed by atoms with Crippen LogP contribution in [0.5, 0.6) is 5.75 Å². The monoisotopic (exact) mass is 425 g/mol. The summed E-state index contributed by atoms with van der Waals surface area (Å²) >= 11 is 12.3. The number of hydrogen-bond acceptors (Lipinski definition) is 7. The number of carbonyl (C=O) groups excluding carboxylic acids is 1. The molecule has 3 rings (SSSR count). The minimum Gasteiger partial charge on any atom is -0.459 e. The van der Waals surface area contributed by atoms with Gasteiger partial charge in [-0.1, -0.05) is 29.3 Å². The SMILES string of the molecule is CC(C)OC(=O)C1=C(N)Oc2c(oc(CO)cc2=O)C1c1ccc(Cl)cc1Cl. The van der Waals surface area contributed by atoms with Crippen molar-refractivity contribution in [3.05, 3.63) is 73.1 Å². The lowest BCUT2D eigenvalue weighted by molar-refractivity contribution is -0.143. The van der Waals surface area contributed by atoms with Crippen molar-refractivity contribution in [2.24, 2.45) is 5.73 Å². The van der Waals surface area contributed by atoms with Gasteiger partial charge in [-0.15, -0.1) is 0 Å². The largest absolute Gasteiger partial charge is 0.459 e. The molecule has 0 saturated heterocycles. The van der Waals surface area contributed by atoms with E-state index in [9.17, 15) is 14.7 Å². The van der Waals surface area contributed by atoms with E-state index in [1.54, 1.807) is 26.0 Å². The van der Waals surface area contributed by atoms with Gasteiger partial charge < -0.3 is 24.7 Å². The summed E-state index contributed by atoms with van der Waals surface area (Å²) in [6.07, 6.45) is -0.425. The molecule has 1 aliphatic heterocycles. The number of aliphatic hydroxyl groups is 1. The predicted molar refractivity (Wildman–Crippen MR) is 102 cm³/mol. The van der Waals surface area contributed by atoms with Crippen molar-refractivity contribution in [3.63, 3.8) is 0 Å². The Kier molecular flexibility index (Phi) is 5.69. The number of esters is 1. The Morgan fingerprint density at radius 3 is 2.64 bits per heavy atom. The molecule has 1 aromatic carbocycles. The number of halogens is 2. The van der Waals surface area contributed by atoms with Gasteiger partial charge in [0.05, 0.1) is 12.0 Å². The van der Waals surface area contributed by atoms with E-state index in [1.165, 1.54) is 6.07 Å². The number of fused-ring (bicyclic) bond motifs is 1. The highest BCUT2D eigenvalue weighted by Crippen LogP contribution is 2.44. The van der Waals surface area contributed by atoms with Crippen molar-refractivity contribution < 1.29 is 23.8 Å². The van der Waals surface area contributed by atoms with E-state index in [0.717, 1.165) is 6.07 Å². The molecule has 0 fully saturated rings. The van der Waals surface area contributed by atoms with E-state index in [0.29, 0.717) is 10.6 Å². The van der Waals surface area contributed by atoms with Crippen molar-refractivity contribution in [1.82, 2.24) is 0 Å². The molecule has 1 aromatic heterocycles. The van der Waals surface area contributed by atoms with E-state index in [2.05, 4.69) is 0 Å². The smallest absolute Gasteiger partial charge is 0.340 e. The molecule has 1 atom stereocenters. The first-order valence-corrected chi connectivity index (χ1v) is 9.09. The average molecular weight is 426 g/mol. The van der Waals surface area contributed by atoms with Gasteiger partial charge >= 0.3 is 5.97 Å². The lowest BCUT2D eigenvalue weighted by atomic mass is 9.86. The second-order valence-corrected chi connectivity index (χ2v) is 7.20. The number of nitrogens with two attached hydrogens (primary N) is 1. The third kappa shape index (κ3) is 3.73. The van der Waals surface area contributed by atoms with Crippen LogP contribution in [0.25, 0.3) is 0 Å². The molecule has 1 aliphatic rings. The number of ether oxygens (including phenoxy) is 2. The van der Waals surface area contributed by atoms with E-state index in [-0.39, 0.29) is 33.7 Å². The summed E-state index contributed by atoms with van der Waals surface area (Å²) in [5.74, 6) is -2.22. The van der Waals surface area contributed by atoms with E-state index < -0.39 is 30.0 Å². The number of carbonyl (C=O) groups is 1. The Bertz CT molecular complexity index is 1030. The van der Waals surface area contributed by atoms with Crippen molar-refractivity contribution in [3.8, 4) is 5.75 Å². The van der Waals surface area contributed by atoms with Crippen LogP contribution in [0.4, 0.5) is 0 Å². The molecule has 0 aliphatic carbocycles. The molecule has 0 radical (unpaired) electrons. The molecule has 0 saturated carbocycles. The van der Waals surface area contributed by atoms with Crippen LogP contribution in [-0.4, -0.2) is 17.2 Å². The fourth-order valence-electron chi connectivity index (χ4n) is 2.89. The Morgan fingerprint density at radius 2 is 2.04 bits per heavy atom. The third-order valence-corrected chi connectivity index (χ3v) is 4.56. The van der Waals surface area contributed by atoms with Crippen LogP contribution < -0.4 is 15.9 Å². The lowest BCUT2D eigenvalue weighted by Crippen LogP contribution is -2.31. The van der Waals surface area contributed by atoms with E-state index >= 15 is 0 Å². The molecule has 148 valence electrons. The fraction of sp³-hybridized carbons (Fsp3) is 0.263. The Balaban J connectivity index is 2.29. The molecule has 0 amide bonds. The van der Waals surface area contributed by atoms with Crippen molar-refractivity contribution in [1.29, 1.82) is 0 Å². The van der Waals surface area contributed by atoms with Crippen LogP contribution in [0, 0.1) is 0 Å². The summed E-state index contributed by atoms with van der Waals surface area (Å²) in [5.41, 5.74) is 5.76. The van der Waals surface area contributed by atoms with Gasteiger partial charge in [-0.05, 0) is 31.5 Å². The first kappa shape index (κ1) is 20.3. The maximum Gasteiger partial charge on any atom is 0.340 e. The molecule has 7 nitrogen and oxygen atoms in total. The van der Waals surface area contributed by atoms with Gasteiger partial charge in [-0.2, -0.15) is 0 Å². The standard InChI is InChI=1S/C19H17Cl2NO6/c1-8(2)26-19(25)15-14(11-4-3-9(20)5-12(11)21)17-16(28-18(15)22)13(24)6-10(7-23)27-17/h3-6,8,14,23H,7,22H2,1-2H3. The molecule has 0 spiro atoms. The van der Waals surface area contributed by atoms with Gasteiger partial charge in [0.15, 0.2) is 5.76 Å². The normalized spacial score (nSPS) is 16.0. The van der Waals surface area contributed by atoms with Crippen LogP contribution in [0.2, 0.25) is 10.0 Å². The second-order valence-electron chi connectivity index (χ2n) is 6.36. The maximum atomic E-state index is 12.8. The predicted octanol–water partition coefficient (Wildman–Crippen LogP) is 3.09. The summed E-state index contributed by atoms with van der Waals surface area (Å²) in [6.45, 7) is 2.84. The zero-order chi connectivity index (χ0) is 20.6. The minimum absolute atomic E-state index is 0.000477. The average Bonchev–Trinajstić information content (AvgIpc) is 2.61. The maximum absolute atomic E-state index is 12.8. The molecule has 28 heavy (non-hydrogen) atoms. The molecular formula is C19H17Cl2NO6. The van der Waals surface area contributed by atoms with Gasteiger partial charge in [0, 0.05) is 16.1 Å². The molecule has 1 unspecified atom stereocenters. The lowest BCUT2D eigenvalue weighted by Gasteiger charge is -2.28. The number of hydrogen-bond donors (Lipinski definition) is 2. The summed E-state index contributed by atoms with van der Waals surface area (Å²) in [7, 11) is 0. The second kappa shape index (κ2) is 7.87. The summed E-state index contributed by atoms with van der Waals surface area (Å²) < 4.78 is 16.3. The van der Waals surface area contributed by atoms with Crippen LogP contribution in [-0.2, 0) is 16.1 Å². The Morgan fingerprint density at radius 1 is 1.32 bits per heavy atom.